The molecule has 3 rings (SSSR count). The molecule has 0 fully saturated rings. The molecule has 192 valence electrons. The Hall–Kier alpha value is -3.63. The fourth-order valence-corrected chi connectivity index (χ4v) is 4.82. The van der Waals surface area contributed by atoms with E-state index in [-0.39, 0.29) is 5.56 Å². The summed E-state index contributed by atoms with van der Waals surface area (Å²) < 4.78 is 0. The van der Waals surface area contributed by atoms with Crippen molar-refractivity contribution in [2.24, 2.45) is 5.92 Å². The number of aryl methyl sites for hydroxylation is 1. The van der Waals surface area contributed by atoms with Gasteiger partial charge < -0.3 is 10.4 Å². The second-order valence-electron chi connectivity index (χ2n) is 9.61. The van der Waals surface area contributed by atoms with E-state index in [4.69, 9.17) is 11.6 Å². The first-order valence-corrected chi connectivity index (χ1v) is 12.9. The van der Waals surface area contributed by atoms with Gasteiger partial charge in [0.1, 0.15) is 6.29 Å². The molecule has 4 nitrogen and oxygen atoms in total. The second-order valence-corrected chi connectivity index (χ2v) is 10.0. The van der Waals surface area contributed by atoms with Crippen molar-refractivity contribution in [2.45, 2.75) is 46.5 Å². The first-order valence-electron chi connectivity index (χ1n) is 12.5. The Morgan fingerprint density at radius 1 is 1.03 bits per heavy atom. The van der Waals surface area contributed by atoms with Gasteiger partial charge in [0.05, 0.1) is 5.56 Å². The van der Waals surface area contributed by atoms with Crippen LogP contribution in [0.4, 0.5) is 5.69 Å². The van der Waals surface area contributed by atoms with Crippen molar-refractivity contribution in [1.82, 2.24) is 0 Å². The van der Waals surface area contributed by atoms with Crippen LogP contribution in [0.1, 0.15) is 76.9 Å². The predicted molar refractivity (Wildman–Crippen MR) is 155 cm³/mol. The molecule has 1 atom stereocenters. The summed E-state index contributed by atoms with van der Waals surface area (Å²) in [5, 5.41) is 13.7. The van der Waals surface area contributed by atoms with Crippen LogP contribution >= 0.6 is 11.6 Å². The summed E-state index contributed by atoms with van der Waals surface area (Å²) >= 11 is 6.57. The van der Waals surface area contributed by atoms with Gasteiger partial charge in [-0.3, -0.25) is 4.79 Å². The van der Waals surface area contributed by atoms with E-state index >= 15 is 0 Å². The molecule has 0 aromatic heterocycles. The van der Waals surface area contributed by atoms with Crippen LogP contribution in [-0.2, 0) is 0 Å². The van der Waals surface area contributed by atoms with Gasteiger partial charge in [-0.25, -0.2) is 4.79 Å². The molecule has 0 heterocycles. The van der Waals surface area contributed by atoms with E-state index in [1.807, 2.05) is 43.3 Å². The Morgan fingerprint density at radius 2 is 1.76 bits per heavy atom. The summed E-state index contributed by atoms with van der Waals surface area (Å²) in [7, 11) is 0. The molecule has 2 N–H and O–H groups in total. The van der Waals surface area contributed by atoms with Crippen LogP contribution in [0.3, 0.4) is 0 Å². The lowest BCUT2D eigenvalue weighted by Crippen LogP contribution is -2.08. The van der Waals surface area contributed by atoms with E-state index in [9.17, 15) is 14.7 Å². The number of carboxylic acid groups (broad SMARTS) is 1. The third-order valence-corrected chi connectivity index (χ3v) is 6.89. The van der Waals surface area contributed by atoms with Gasteiger partial charge in [0.2, 0.25) is 0 Å². The molecule has 0 radical (unpaired) electrons. The third kappa shape index (κ3) is 6.99. The van der Waals surface area contributed by atoms with Crippen molar-refractivity contribution in [2.75, 3.05) is 5.32 Å². The number of carbonyl (C=O) groups excluding carboxylic acids is 1. The highest BCUT2D eigenvalue weighted by atomic mass is 35.5. The minimum absolute atomic E-state index is 0.0644. The van der Waals surface area contributed by atoms with E-state index in [2.05, 4.69) is 32.3 Å². The van der Waals surface area contributed by atoms with Gasteiger partial charge in [-0.15, -0.1) is 0 Å². The van der Waals surface area contributed by atoms with Crippen molar-refractivity contribution in [1.29, 1.82) is 0 Å². The van der Waals surface area contributed by atoms with Crippen molar-refractivity contribution >= 4 is 40.8 Å². The minimum atomic E-state index is -1.09. The van der Waals surface area contributed by atoms with Crippen LogP contribution in [0.5, 0.6) is 0 Å². The van der Waals surface area contributed by atoms with E-state index < -0.39 is 5.97 Å². The molecule has 0 saturated carbocycles. The fourth-order valence-electron chi connectivity index (χ4n) is 4.47. The summed E-state index contributed by atoms with van der Waals surface area (Å²) in [6, 6.07) is 16.4. The summed E-state index contributed by atoms with van der Waals surface area (Å²) in [6.45, 7) is 14.9. The van der Waals surface area contributed by atoms with Crippen LogP contribution in [0.25, 0.3) is 22.4 Å². The highest BCUT2D eigenvalue weighted by molar-refractivity contribution is 6.33. The molecule has 0 saturated heterocycles. The zero-order chi connectivity index (χ0) is 27.1. The molecule has 3 aromatic carbocycles. The summed E-state index contributed by atoms with van der Waals surface area (Å²) in [6.07, 6.45) is 4.88. The van der Waals surface area contributed by atoms with Gasteiger partial charge in [0.15, 0.2) is 0 Å². The van der Waals surface area contributed by atoms with Gasteiger partial charge in [-0.2, -0.15) is 0 Å². The van der Waals surface area contributed by atoms with Crippen molar-refractivity contribution < 1.29 is 14.7 Å². The number of halogens is 1. The average Bonchev–Trinajstić information content (AvgIpc) is 2.87. The standard InChI is InChI=1S/C32H34ClNO3/c1-6-7-20(2)8-10-22(4)26-15-12-25(27-13-9-21(3)16-30(27)33)18-31(26)34-23(5)29-17-24(19-35)11-14-28(29)32(36)37/h9,11-20,34H,4-8,10H2,1-3H3,(H,36,37). The van der Waals surface area contributed by atoms with Gasteiger partial charge in [0, 0.05) is 38.7 Å². The van der Waals surface area contributed by atoms with Gasteiger partial charge >= 0.3 is 5.97 Å². The molecule has 5 heteroatoms. The number of nitrogens with one attached hydrogen (secondary N) is 1. The lowest BCUT2D eigenvalue weighted by molar-refractivity contribution is 0.0696. The number of benzene rings is 3. The maximum atomic E-state index is 11.9. The zero-order valence-corrected chi connectivity index (χ0v) is 22.5. The molecule has 0 aliphatic rings. The lowest BCUT2D eigenvalue weighted by Gasteiger charge is -2.20. The van der Waals surface area contributed by atoms with Gasteiger partial charge in [-0.05, 0) is 66.6 Å². The third-order valence-electron chi connectivity index (χ3n) is 6.58. The molecule has 0 aliphatic heterocycles. The Kier molecular flexibility index (Phi) is 9.48. The normalized spacial score (nSPS) is 11.6. The first kappa shape index (κ1) is 27.9. The molecule has 37 heavy (non-hydrogen) atoms. The smallest absolute Gasteiger partial charge is 0.336 e. The second kappa shape index (κ2) is 12.6. The van der Waals surface area contributed by atoms with Gasteiger partial charge in [-0.1, -0.05) is 81.8 Å². The quantitative estimate of drug-likeness (QED) is 0.236. The molecule has 0 amide bonds. The molecular formula is C32H34ClNO3. The number of aromatic carboxylic acids is 1. The van der Waals surface area contributed by atoms with Crippen molar-refractivity contribution in [3.63, 3.8) is 0 Å². The highest BCUT2D eigenvalue weighted by Gasteiger charge is 2.17. The summed E-state index contributed by atoms with van der Waals surface area (Å²) in [5.74, 6) is -0.492. The topological polar surface area (TPSA) is 66.4 Å². The fraction of sp³-hybridized carbons (Fsp3) is 0.250. The Morgan fingerprint density at radius 3 is 2.41 bits per heavy atom. The van der Waals surface area contributed by atoms with E-state index in [0.717, 1.165) is 52.8 Å². The van der Waals surface area contributed by atoms with Crippen molar-refractivity contribution in [3.05, 3.63) is 101 Å². The minimum Gasteiger partial charge on any atom is -0.478 e. The number of aldehydes is 1. The Labute approximate surface area is 224 Å². The van der Waals surface area contributed by atoms with Crippen LogP contribution in [0.2, 0.25) is 5.02 Å². The van der Waals surface area contributed by atoms with Gasteiger partial charge in [0.25, 0.3) is 0 Å². The van der Waals surface area contributed by atoms with Crippen LogP contribution in [-0.4, -0.2) is 17.4 Å². The first-order chi connectivity index (χ1) is 17.6. The number of hydrogen-bond acceptors (Lipinski definition) is 3. The largest absolute Gasteiger partial charge is 0.478 e. The van der Waals surface area contributed by atoms with Crippen LogP contribution in [0, 0.1) is 12.8 Å². The number of allylic oxidation sites excluding steroid dienone is 1. The summed E-state index contributed by atoms with van der Waals surface area (Å²) in [4.78, 5) is 23.2. The number of anilines is 1. The highest BCUT2D eigenvalue weighted by Crippen LogP contribution is 2.36. The molecular weight excluding hydrogens is 482 g/mol. The SMILES string of the molecule is C=C(CCC(C)CCC)c1ccc(-c2ccc(C)cc2Cl)cc1NC(=C)c1cc(C=O)ccc1C(=O)O. The van der Waals surface area contributed by atoms with E-state index in [0.29, 0.717) is 34.1 Å². The average molecular weight is 516 g/mol. The van der Waals surface area contributed by atoms with Crippen molar-refractivity contribution in [3.8, 4) is 11.1 Å². The number of carboxylic acids is 1. The number of carbonyl (C=O) groups is 2. The van der Waals surface area contributed by atoms with E-state index in [1.165, 1.54) is 24.6 Å². The zero-order valence-electron chi connectivity index (χ0n) is 21.7. The monoisotopic (exact) mass is 515 g/mol. The van der Waals surface area contributed by atoms with E-state index in [1.54, 1.807) is 0 Å². The molecule has 0 aliphatic carbocycles. The number of rotatable bonds is 12. The van der Waals surface area contributed by atoms with Crippen LogP contribution < -0.4 is 5.32 Å². The lowest BCUT2D eigenvalue weighted by atomic mass is 9.92. The molecule has 0 bridgehead atoms. The maximum Gasteiger partial charge on any atom is 0.336 e. The Bertz CT molecular complexity index is 1340. The molecule has 0 spiro atoms. The maximum absolute atomic E-state index is 11.9. The predicted octanol–water partition coefficient (Wildman–Crippen LogP) is 9.14. The molecule has 1 unspecified atom stereocenters. The molecule has 3 aromatic rings. The number of hydrogen-bond donors (Lipinski definition) is 2. The summed E-state index contributed by atoms with van der Waals surface area (Å²) in [5.41, 5.74) is 6.71. The van der Waals surface area contributed by atoms with Crippen LogP contribution in [0.15, 0.2) is 67.8 Å². The Balaban J connectivity index is 2.04.